The SMILES string of the molecule is COc1c(C)cc(CC2CNCCN2)cc1C. The molecule has 1 aromatic rings. The van der Waals surface area contributed by atoms with E-state index < -0.39 is 0 Å². The molecule has 1 aromatic carbocycles. The molecule has 2 N–H and O–H groups in total. The van der Waals surface area contributed by atoms with Gasteiger partial charge in [-0.3, -0.25) is 0 Å². The molecule has 0 amide bonds. The molecule has 0 saturated carbocycles. The summed E-state index contributed by atoms with van der Waals surface area (Å²) in [5, 5.41) is 6.96. The molecule has 1 unspecified atom stereocenters. The lowest BCUT2D eigenvalue weighted by molar-refractivity contribution is 0.406. The van der Waals surface area contributed by atoms with E-state index in [1.54, 1.807) is 7.11 Å². The Morgan fingerprint density at radius 3 is 2.47 bits per heavy atom. The van der Waals surface area contributed by atoms with Gasteiger partial charge in [-0.1, -0.05) is 12.1 Å². The number of benzene rings is 1. The first-order chi connectivity index (χ1) is 8.20. The lowest BCUT2D eigenvalue weighted by atomic mass is 9.99. The number of nitrogens with one attached hydrogen (secondary N) is 2. The number of rotatable bonds is 3. The van der Waals surface area contributed by atoms with Gasteiger partial charge in [0.2, 0.25) is 0 Å². The van der Waals surface area contributed by atoms with Crippen LogP contribution in [0.5, 0.6) is 5.75 Å². The Labute approximate surface area is 104 Å². The van der Waals surface area contributed by atoms with Crippen molar-refractivity contribution in [3.8, 4) is 5.75 Å². The average Bonchev–Trinajstić information content (AvgIpc) is 2.30. The van der Waals surface area contributed by atoms with E-state index in [1.165, 1.54) is 16.7 Å². The molecule has 1 aliphatic rings. The Morgan fingerprint density at radius 1 is 1.24 bits per heavy atom. The van der Waals surface area contributed by atoms with Gasteiger partial charge in [-0.05, 0) is 37.0 Å². The molecule has 0 aromatic heterocycles. The van der Waals surface area contributed by atoms with Crippen LogP contribution in [-0.4, -0.2) is 32.8 Å². The quantitative estimate of drug-likeness (QED) is 0.830. The number of methoxy groups -OCH3 is 1. The fraction of sp³-hybridized carbons (Fsp3) is 0.571. The summed E-state index contributed by atoms with van der Waals surface area (Å²) in [5.41, 5.74) is 3.85. The van der Waals surface area contributed by atoms with Crippen LogP contribution in [0.15, 0.2) is 12.1 Å². The first kappa shape index (κ1) is 12.4. The third-order valence-electron chi connectivity index (χ3n) is 3.33. The van der Waals surface area contributed by atoms with Gasteiger partial charge in [-0.2, -0.15) is 0 Å². The van der Waals surface area contributed by atoms with Crippen molar-refractivity contribution >= 4 is 0 Å². The molecule has 1 aliphatic heterocycles. The summed E-state index contributed by atoms with van der Waals surface area (Å²) in [6, 6.07) is 5.03. The van der Waals surface area contributed by atoms with Crippen molar-refractivity contribution < 1.29 is 4.74 Å². The van der Waals surface area contributed by atoms with Gasteiger partial charge >= 0.3 is 0 Å². The van der Waals surface area contributed by atoms with Crippen LogP contribution in [0.4, 0.5) is 0 Å². The Bertz CT molecular complexity index is 361. The van der Waals surface area contributed by atoms with Gasteiger partial charge < -0.3 is 15.4 Å². The molecule has 0 radical (unpaired) electrons. The summed E-state index contributed by atoms with van der Waals surface area (Å²) in [5.74, 6) is 1.02. The Balaban J connectivity index is 2.10. The third-order valence-corrected chi connectivity index (χ3v) is 3.33. The first-order valence-corrected chi connectivity index (χ1v) is 6.29. The maximum atomic E-state index is 5.39. The van der Waals surface area contributed by atoms with Gasteiger partial charge in [0.1, 0.15) is 5.75 Å². The molecule has 0 spiro atoms. The normalized spacial score (nSPS) is 20.3. The topological polar surface area (TPSA) is 33.3 Å². The predicted molar refractivity (Wildman–Crippen MR) is 70.8 cm³/mol. The number of hydrogen-bond donors (Lipinski definition) is 2. The van der Waals surface area contributed by atoms with Crippen LogP contribution < -0.4 is 15.4 Å². The largest absolute Gasteiger partial charge is 0.496 e. The zero-order valence-electron chi connectivity index (χ0n) is 11.0. The molecule has 17 heavy (non-hydrogen) atoms. The Hall–Kier alpha value is -1.06. The smallest absolute Gasteiger partial charge is 0.124 e. The van der Waals surface area contributed by atoms with E-state index >= 15 is 0 Å². The highest BCUT2D eigenvalue weighted by molar-refractivity contribution is 5.43. The molecule has 0 bridgehead atoms. The number of hydrogen-bond acceptors (Lipinski definition) is 3. The van der Waals surface area contributed by atoms with Crippen LogP contribution in [0.1, 0.15) is 16.7 Å². The third kappa shape index (κ3) is 2.99. The number of piperazine rings is 1. The van der Waals surface area contributed by atoms with Crippen molar-refractivity contribution in [1.29, 1.82) is 0 Å². The second kappa shape index (κ2) is 5.52. The highest BCUT2D eigenvalue weighted by atomic mass is 16.5. The van der Waals surface area contributed by atoms with E-state index in [-0.39, 0.29) is 0 Å². The maximum absolute atomic E-state index is 5.39. The summed E-state index contributed by atoms with van der Waals surface area (Å²) in [7, 11) is 1.74. The van der Waals surface area contributed by atoms with Crippen LogP contribution >= 0.6 is 0 Å². The molecule has 3 nitrogen and oxygen atoms in total. The van der Waals surface area contributed by atoms with E-state index in [0.29, 0.717) is 6.04 Å². The van der Waals surface area contributed by atoms with Gasteiger partial charge in [0.05, 0.1) is 7.11 Å². The van der Waals surface area contributed by atoms with Crippen molar-refractivity contribution in [3.05, 3.63) is 28.8 Å². The van der Waals surface area contributed by atoms with Crippen LogP contribution in [0, 0.1) is 13.8 Å². The van der Waals surface area contributed by atoms with Crippen LogP contribution in [0.2, 0.25) is 0 Å². The average molecular weight is 234 g/mol. The van der Waals surface area contributed by atoms with Gasteiger partial charge in [-0.15, -0.1) is 0 Å². The Kier molecular flexibility index (Phi) is 4.02. The molecule has 3 heteroatoms. The summed E-state index contributed by atoms with van der Waals surface area (Å²) in [6.07, 6.45) is 1.08. The van der Waals surface area contributed by atoms with Crippen molar-refractivity contribution in [2.75, 3.05) is 26.7 Å². The number of ether oxygens (including phenoxy) is 1. The molecule has 1 saturated heterocycles. The standard InChI is InChI=1S/C14H22N2O/c1-10-6-12(7-11(2)14(10)17-3)8-13-9-15-4-5-16-13/h6-7,13,15-16H,4-5,8-9H2,1-3H3. The summed E-state index contributed by atoms with van der Waals surface area (Å²) < 4.78 is 5.39. The van der Waals surface area contributed by atoms with Crippen molar-refractivity contribution in [3.63, 3.8) is 0 Å². The van der Waals surface area contributed by atoms with Gasteiger partial charge in [0.15, 0.2) is 0 Å². The molecule has 2 rings (SSSR count). The number of aryl methyl sites for hydroxylation is 2. The van der Waals surface area contributed by atoms with Crippen molar-refractivity contribution in [1.82, 2.24) is 10.6 Å². The highest BCUT2D eigenvalue weighted by Gasteiger charge is 2.14. The van der Waals surface area contributed by atoms with E-state index in [0.717, 1.165) is 31.8 Å². The molecular weight excluding hydrogens is 212 g/mol. The molecule has 1 fully saturated rings. The van der Waals surface area contributed by atoms with Gasteiger partial charge in [-0.25, -0.2) is 0 Å². The summed E-state index contributed by atoms with van der Waals surface area (Å²) in [6.45, 7) is 7.43. The zero-order chi connectivity index (χ0) is 12.3. The fourth-order valence-electron chi connectivity index (χ4n) is 2.62. The maximum Gasteiger partial charge on any atom is 0.124 e. The molecular formula is C14H22N2O. The summed E-state index contributed by atoms with van der Waals surface area (Å²) >= 11 is 0. The summed E-state index contributed by atoms with van der Waals surface area (Å²) in [4.78, 5) is 0. The monoisotopic (exact) mass is 234 g/mol. The predicted octanol–water partition coefficient (Wildman–Crippen LogP) is 1.42. The van der Waals surface area contributed by atoms with E-state index in [1.807, 2.05) is 0 Å². The molecule has 1 atom stereocenters. The minimum absolute atomic E-state index is 0.552. The van der Waals surface area contributed by atoms with Crippen LogP contribution in [-0.2, 0) is 6.42 Å². The van der Waals surface area contributed by atoms with Crippen molar-refractivity contribution in [2.24, 2.45) is 0 Å². The van der Waals surface area contributed by atoms with Crippen molar-refractivity contribution in [2.45, 2.75) is 26.3 Å². The molecule has 0 aliphatic carbocycles. The fourth-order valence-corrected chi connectivity index (χ4v) is 2.62. The minimum Gasteiger partial charge on any atom is -0.496 e. The first-order valence-electron chi connectivity index (χ1n) is 6.29. The molecule has 1 heterocycles. The van der Waals surface area contributed by atoms with Crippen LogP contribution in [0.25, 0.3) is 0 Å². The highest BCUT2D eigenvalue weighted by Crippen LogP contribution is 2.24. The van der Waals surface area contributed by atoms with E-state index in [2.05, 4.69) is 36.6 Å². The van der Waals surface area contributed by atoms with Crippen LogP contribution in [0.3, 0.4) is 0 Å². The van der Waals surface area contributed by atoms with E-state index in [9.17, 15) is 0 Å². The second-order valence-electron chi connectivity index (χ2n) is 4.82. The minimum atomic E-state index is 0.552. The lowest BCUT2D eigenvalue weighted by Gasteiger charge is -2.25. The lowest BCUT2D eigenvalue weighted by Crippen LogP contribution is -2.49. The Morgan fingerprint density at radius 2 is 1.94 bits per heavy atom. The molecule has 94 valence electrons. The second-order valence-corrected chi connectivity index (χ2v) is 4.82. The van der Waals surface area contributed by atoms with Gasteiger partial charge in [0.25, 0.3) is 0 Å². The van der Waals surface area contributed by atoms with E-state index in [4.69, 9.17) is 4.74 Å². The zero-order valence-corrected chi connectivity index (χ0v) is 11.0. The van der Waals surface area contributed by atoms with Gasteiger partial charge in [0, 0.05) is 25.7 Å².